The highest BCUT2D eigenvalue weighted by Gasteiger charge is 1.99. The molecule has 0 saturated carbocycles. The molecule has 0 aliphatic carbocycles. The Balaban J connectivity index is 2.29. The zero-order valence-electron chi connectivity index (χ0n) is 9.53. The number of nitrogens with one attached hydrogen (secondary N) is 1. The Bertz CT molecular complexity index is 322. The van der Waals surface area contributed by atoms with E-state index in [1.807, 2.05) is 31.2 Å². The van der Waals surface area contributed by atoms with Crippen molar-refractivity contribution in [3.05, 3.63) is 29.8 Å². The van der Waals surface area contributed by atoms with Gasteiger partial charge >= 0.3 is 0 Å². The lowest BCUT2D eigenvalue weighted by Crippen LogP contribution is -2.25. The van der Waals surface area contributed by atoms with Crippen LogP contribution in [0, 0.1) is 0 Å². The molecule has 0 radical (unpaired) electrons. The molecule has 0 saturated heterocycles. The third kappa shape index (κ3) is 4.31. The maximum atomic E-state index is 11.2. The van der Waals surface area contributed by atoms with Crippen molar-refractivity contribution in [2.75, 3.05) is 6.54 Å². The summed E-state index contributed by atoms with van der Waals surface area (Å²) in [6, 6.07) is 7.49. The van der Waals surface area contributed by atoms with Crippen LogP contribution < -0.4 is 16.1 Å². The van der Waals surface area contributed by atoms with Crippen LogP contribution in [0.15, 0.2) is 24.3 Å². The summed E-state index contributed by atoms with van der Waals surface area (Å²) in [7, 11) is 0. The molecule has 0 heterocycles. The largest absolute Gasteiger partial charge is 0.412 e. The molecular weight excluding hydrogens is 204 g/mol. The van der Waals surface area contributed by atoms with E-state index in [0.29, 0.717) is 18.7 Å². The van der Waals surface area contributed by atoms with Crippen LogP contribution in [-0.4, -0.2) is 12.5 Å². The zero-order chi connectivity index (χ0) is 11.8. The molecule has 0 aliphatic rings. The molecule has 1 aromatic carbocycles. The molecule has 4 heteroatoms. The lowest BCUT2D eigenvalue weighted by Gasteiger charge is -2.05. The fraction of sp³-hybridized carbons (Fsp3) is 0.417. The highest BCUT2D eigenvalue weighted by Crippen LogP contribution is 2.10. The van der Waals surface area contributed by atoms with Crippen LogP contribution >= 0.6 is 0 Å². The van der Waals surface area contributed by atoms with E-state index >= 15 is 0 Å². The van der Waals surface area contributed by atoms with Gasteiger partial charge in [0.25, 0.3) is 0 Å². The first-order chi connectivity index (χ1) is 7.76. The van der Waals surface area contributed by atoms with Crippen molar-refractivity contribution >= 4 is 5.91 Å². The van der Waals surface area contributed by atoms with Crippen LogP contribution in [0.4, 0.5) is 0 Å². The minimum Gasteiger partial charge on any atom is -0.412 e. The highest BCUT2D eigenvalue weighted by atomic mass is 16.6. The monoisotopic (exact) mass is 222 g/mol. The van der Waals surface area contributed by atoms with Crippen LogP contribution in [0.25, 0.3) is 0 Å². The number of hydrogen-bond acceptors (Lipinski definition) is 3. The standard InChI is InChI=1S/C12H18N2O2/c1-2-3-12(15)14-9-8-10-4-6-11(16-13)7-5-10/h4-7H,2-3,8-9,13H2,1H3,(H,14,15). The second-order valence-electron chi connectivity index (χ2n) is 3.61. The van der Waals surface area contributed by atoms with Crippen molar-refractivity contribution in [3.63, 3.8) is 0 Å². The molecular formula is C12H18N2O2. The predicted molar refractivity (Wildman–Crippen MR) is 62.9 cm³/mol. The average molecular weight is 222 g/mol. The van der Waals surface area contributed by atoms with Crippen LogP contribution in [0.1, 0.15) is 25.3 Å². The van der Waals surface area contributed by atoms with Crippen LogP contribution in [0.2, 0.25) is 0 Å². The molecule has 1 amide bonds. The van der Waals surface area contributed by atoms with Gasteiger partial charge in [0.2, 0.25) is 5.91 Å². The van der Waals surface area contributed by atoms with Gasteiger partial charge in [-0.3, -0.25) is 4.79 Å². The quantitative estimate of drug-likeness (QED) is 0.715. The Morgan fingerprint density at radius 3 is 2.62 bits per heavy atom. The lowest BCUT2D eigenvalue weighted by atomic mass is 10.1. The van der Waals surface area contributed by atoms with E-state index in [4.69, 9.17) is 5.90 Å². The summed E-state index contributed by atoms with van der Waals surface area (Å²) in [5, 5.41) is 2.87. The van der Waals surface area contributed by atoms with Crippen molar-refractivity contribution in [2.24, 2.45) is 5.90 Å². The van der Waals surface area contributed by atoms with E-state index in [9.17, 15) is 4.79 Å². The van der Waals surface area contributed by atoms with E-state index in [-0.39, 0.29) is 5.91 Å². The highest BCUT2D eigenvalue weighted by molar-refractivity contribution is 5.75. The first kappa shape index (κ1) is 12.5. The first-order valence-corrected chi connectivity index (χ1v) is 5.48. The second-order valence-corrected chi connectivity index (χ2v) is 3.61. The Kier molecular flexibility index (Phi) is 5.36. The smallest absolute Gasteiger partial charge is 0.219 e. The summed E-state index contributed by atoms with van der Waals surface area (Å²) < 4.78 is 0. The molecule has 0 aromatic heterocycles. The number of carbonyl (C=O) groups is 1. The van der Waals surface area contributed by atoms with Crippen molar-refractivity contribution in [1.82, 2.24) is 5.32 Å². The summed E-state index contributed by atoms with van der Waals surface area (Å²) in [6.45, 7) is 2.66. The fourth-order valence-corrected chi connectivity index (χ4v) is 1.40. The topological polar surface area (TPSA) is 64.3 Å². The van der Waals surface area contributed by atoms with Gasteiger partial charge in [0, 0.05) is 13.0 Å². The number of nitrogens with two attached hydrogens (primary N) is 1. The number of rotatable bonds is 6. The fourth-order valence-electron chi connectivity index (χ4n) is 1.40. The normalized spacial score (nSPS) is 9.88. The Morgan fingerprint density at radius 2 is 2.06 bits per heavy atom. The van der Waals surface area contributed by atoms with Gasteiger partial charge in [0.05, 0.1) is 0 Å². The van der Waals surface area contributed by atoms with Gasteiger partial charge in [-0.15, -0.1) is 0 Å². The Labute approximate surface area is 95.7 Å². The lowest BCUT2D eigenvalue weighted by molar-refractivity contribution is -0.121. The maximum Gasteiger partial charge on any atom is 0.219 e. The maximum absolute atomic E-state index is 11.2. The van der Waals surface area contributed by atoms with Crippen LogP contribution in [0.3, 0.4) is 0 Å². The molecule has 88 valence electrons. The second kappa shape index (κ2) is 6.85. The number of benzene rings is 1. The SMILES string of the molecule is CCCC(=O)NCCc1ccc(ON)cc1. The first-order valence-electron chi connectivity index (χ1n) is 5.48. The summed E-state index contributed by atoms with van der Waals surface area (Å²) in [6.07, 6.45) is 2.30. The predicted octanol–water partition coefficient (Wildman–Crippen LogP) is 1.40. The third-order valence-corrected chi connectivity index (χ3v) is 2.27. The molecule has 4 nitrogen and oxygen atoms in total. The summed E-state index contributed by atoms with van der Waals surface area (Å²) in [4.78, 5) is 15.8. The Hall–Kier alpha value is -1.55. The van der Waals surface area contributed by atoms with Gasteiger partial charge in [-0.25, -0.2) is 0 Å². The van der Waals surface area contributed by atoms with Gasteiger partial charge in [0.15, 0.2) is 0 Å². The van der Waals surface area contributed by atoms with E-state index < -0.39 is 0 Å². The molecule has 0 aliphatic heterocycles. The van der Waals surface area contributed by atoms with Gasteiger partial charge < -0.3 is 10.2 Å². The van der Waals surface area contributed by atoms with Gasteiger partial charge in [0.1, 0.15) is 5.75 Å². The summed E-state index contributed by atoms with van der Waals surface area (Å²) >= 11 is 0. The van der Waals surface area contributed by atoms with Crippen molar-refractivity contribution < 1.29 is 9.63 Å². The van der Waals surface area contributed by atoms with E-state index in [0.717, 1.165) is 18.4 Å². The molecule has 0 bridgehead atoms. The van der Waals surface area contributed by atoms with Crippen molar-refractivity contribution in [2.45, 2.75) is 26.2 Å². The number of carbonyl (C=O) groups excluding carboxylic acids is 1. The minimum absolute atomic E-state index is 0.115. The number of amides is 1. The number of hydrogen-bond donors (Lipinski definition) is 2. The summed E-state index contributed by atoms with van der Waals surface area (Å²) in [5.41, 5.74) is 1.15. The molecule has 0 unspecified atom stereocenters. The molecule has 1 aromatic rings. The molecule has 3 N–H and O–H groups in total. The zero-order valence-corrected chi connectivity index (χ0v) is 9.53. The van der Waals surface area contributed by atoms with Gasteiger partial charge in [-0.1, -0.05) is 19.1 Å². The van der Waals surface area contributed by atoms with Crippen LogP contribution in [-0.2, 0) is 11.2 Å². The molecule has 16 heavy (non-hydrogen) atoms. The van der Waals surface area contributed by atoms with E-state index in [1.165, 1.54) is 0 Å². The minimum atomic E-state index is 0.115. The molecule has 0 atom stereocenters. The van der Waals surface area contributed by atoms with E-state index in [2.05, 4.69) is 10.2 Å². The van der Waals surface area contributed by atoms with Crippen molar-refractivity contribution in [1.29, 1.82) is 0 Å². The van der Waals surface area contributed by atoms with E-state index in [1.54, 1.807) is 0 Å². The third-order valence-electron chi connectivity index (χ3n) is 2.27. The van der Waals surface area contributed by atoms with Gasteiger partial charge in [-0.05, 0) is 30.5 Å². The molecule has 0 fully saturated rings. The van der Waals surface area contributed by atoms with Crippen molar-refractivity contribution in [3.8, 4) is 5.75 Å². The Morgan fingerprint density at radius 1 is 1.38 bits per heavy atom. The van der Waals surface area contributed by atoms with Gasteiger partial charge in [-0.2, -0.15) is 5.90 Å². The van der Waals surface area contributed by atoms with Crippen LogP contribution in [0.5, 0.6) is 5.75 Å². The summed E-state index contributed by atoms with van der Waals surface area (Å²) in [5.74, 6) is 5.77. The molecule has 1 rings (SSSR count). The average Bonchev–Trinajstić information content (AvgIpc) is 2.30. The molecule has 0 spiro atoms.